The number of hydrogen-bond donors (Lipinski definition) is 1. The molecule has 0 aromatic heterocycles. The number of aliphatic imine (C=N–C) groups is 1. The maximum atomic E-state index is 6.28. The minimum Gasteiger partial charge on any atom is -0.475 e. The smallest absolute Gasteiger partial charge is 0.187 e. The molecule has 3 rings (SSSR count). The lowest BCUT2D eigenvalue weighted by molar-refractivity contribution is 0.159. The third-order valence-electron chi connectivity index (χ3n) is 3.59. The molecule has 2 aromatic carbocycles. The van der Waals surface area contributed by atoms with Crippen LogP contribution < -0.4 is 10.1 Å². The zero-order valence-corrected chi connectivity index (χ0v) is 12.6. The highest BCUT2D eigenvalue weighted by molar-refractivity contribution is 6.30. The number of nitrogens with one attached hydrogen (secondary N) is 1. The quantitative estimate of drug-likeness (QED) is 0.935. The maximum absolute atomic E-state index is 6.28. The van der Waals surface area contributed by atoms with Crippen molar-refractivity contribution in [3.05, 3.63) is 65.2 Å². The van der Waals surface area contributed by atoms with Gasteiger partial charge in [-0.05, 0) is 31.2 Å². The van der Waals surface area contributed by atoms with Gasteiger partial charge in [-0.25, -0.2) is 0 Å². The summed E-state index contributed by atoms with van der Waals surface area (Å²) in [6, 6.07) is 17.5. The molecular weight excluding hydrogens is 284 g/mol. The summed E-state index contributed by atoms with van der Waals surface area (Å²) in [5.41, 5.74) is 0.367. The molecule has 3 nitrogen and oxygen atoms in total. The Bertz CT molecular complexity index is 640. The Balaban J connectivity index is 2.00. The molecule has 1 aliphatic heterocycles. The fraction of sp³-hybridized carbons (Fsp3) is 0.235. The van der Waals surface area contributed by atoms with Gasteiger partial charge in [0, 0.05) is 17.1 Å². The summed E-state index contributed by atoms with van der Waals surface area (Å²) in [5.74, 6) is 1.67. The Morgan fingerprint density at radius 3 is 2.43 bits per heavy atom. The van der Waals surface area contributed by atoms with Crippen LogP contribution in [0.15, 0.2) is 59.6 Å². The van der Waals surface area contributed by atoms with Crippen LogP contribution in [0.5, 0.6) is 5.75 Å². The van der Waals surface area contributed by atoms with Crippen LogP contribution in [0.3, 0.4) is 0 Å². The van der Waals surface area contributed by atoms with Crippen molar-refractivity contribution in [1.29, 1.82) is 0 Å². The molecule has 0 bridgehead atoms. The summed E-state index contributed by atoms with van der Waals surface area (Å²) in [7, 11) is 0. The fourth-order valence-corrected chi connectivity index (χ4v) is 2.58. The maximum Gasteiger partial charge on any atom is 0.187 e. The third-order valence-corrected chi connectivity index (χ3v) is 3.84. The van der Waals surface area contributed by atoms with E-state index >= 15 is 0 Å². The van der Waals surface area contributed by atoms with Crippen LogP contribution in [-0.2, 0) is 5.60 Å². The normalized spacial score (nSPS) is 16.8. The van der Waals surface area contributed by atoms with E-state index in [9.17, 15) is 0 Å². The number of para-hydroxylation sites is 1. The molecule has 2 aromatic rings. The zero-order valence-electron chi connectivity index (χ0n) is 11.8. The molecule has 0 saturated carbocycles. The molecule has 4 heteroatoms. The van der Waals surface area contributed by atoms with E-state index in [-0.39, 0.29) is 0 Å². The molecular formula is C17H17ClN2O. The van der Waals surface area contributed by atoms with Crippen LogP contribution in [0.25, 0.3) is 0 Å². The predicted molar refractivity (Wildman–Crippen MR) is 86.2 cm³/mol. The number of benzene rings is 2. The largest absolute Gasteiger partial charge is 0.475 e. The second kappa shape index (κ2) is 5.78. The lowest BCUT2D eigenvalue weighted by Crippen LogP contribution is -2.44. The van der Waals surface area contributed by atoms with Crippen molar-refractivity contribution in [2.24, 2.45) is 4.99 Å². The Morgan fingerprint density at radius 2 is 1.81 bits per heavy atom. The SMILES string of the molecule is CC(Oc1ccccc1)(C1=NCCN1)c1ccc(Cl)cc1. The van der Waals surface area contributed by atoms with Crippen molar-refractivity contribution >= 4 is 17.4 Å². The van der Waals surface area contributed by atoms with Crippen molar-refractivity contribution in [1.82, 2.24) is 5.32 Å². The molecule has 1 N–H and O–H groups in total. The summed E-state index contributed by atoms with van der Waals surface area (Å²) in [5, 5.41) is 4.03. The van der Waals surface area contributed by atoms with E-state index in [1.807, 2.05) is 61.5 Å². The lowest BCUT2D eigenvalue weighted by atomic mass is 9.94. The molecule has 108 valence electrons. The summed E-state index contributed by atoms with van der Waals surface area (Å²) in [4.78, 5) is 4.55. The summed E-state index contributed by atoms with van der Waals surface area (Å²) in [6.45, 7) is 3.65. The molecule has 1 unspecified atom stereocenters. The van der Waals surface area contributed by atoms with Crippen molar-refractivity contribution in [3.63, 3.8) is 0 Å². The first-order valence-corrected chi connectivity index (χ1v) is 7.35. The Kier molecular flexibility index (Phi) is 3.84. The van der Waals surface area contributed by atoms with Crippen LogP contribution in [0.1, 0.15) is 12.5 Å². The van der Waals surface area contributed by atoms with Gasteiger partial charge in [-0.2, -0.15) is 0 Å². The van der Waals surface area contributed by atoms with Crippen LogP contribution in [-0.4, -0.2) is 18.9 Å². The van der Waals surface area contributed by atoms with E-state index in [1.165, 1.54) is 0 Å². The average Bonchev–Trinajstić information content (AvgIpc) is 3.03. The second-order valence-corrected chi connectivity index (χ2v) is 5.55. The number of ether oxygens (including phenoxy) is 1. The standard InChI is InChI=1S/C17H17ClN2O/c1-17(16-19-11-12-20-16,13-7-9-14(18)10-8-13)21-15-5-3-2-4-6-15/h2-10H,11-12H2,1H3,(H,19,20). The molecule has 0 aliphatic carbocycles. The summed E-state index contributed by atoms with van der Waals surface area (Å²) >= 11 is 5.99. The fourth-order valence-electron chi connectivity index (χ4n) is 2.45. The van der Waals surface area contributed by atoms with Crippen LogP contribution in [0.2, 0.25) is 5.02 Å². The van der Waals surface area contributed by atoms with E-state index in [4.69, 9.17) is 16.3 Å². The molecule has 0 spiro atoms. The molecule has 1 aliphatic rings. The Hall–Kier alpha value is -2.00. The van der Waals surface area contributed by atoms with Crippen LogP contribution >= 0.6 is 11.6 Å². The molecule has 1 heterocycles. The third kappa shape index (κ3) is 2.88. The van der Waals surface area contributed by atoms with Gasteiger partial charge in [0.05, 0.1) is 6.54 Å². The van der Waals surface area contributed by atoms with E-state index in [0.717, 1.165) is 30.2 Å². The van der Waals surface area contributed by atoms with E-state index in [1.54, 1.807) is 0 Å². The zero-order chi connectivity index (χ0) is 14.7. The summed E-state index contributed by atoms with van der Waals surface area (Å²) < 4.78 is 6.28. The molecule has 0 fully saturated rings. The second-order valence-electron chi connectivity index (χ2n) is 5.11. The van der Waals surface area contributed by atoms with Crippen LogP contribution in [0.4, 0.5) is 0 Å². The highest BCUT2D eigenvalue weighted by Gasteiger charge is 2.36. The first kappa shape index (κ1) is 14.0. The van der Waals surface area contributed by atoms with Gasteiger partial charge in [-0.1, -0.05) is 41.9 Å². The molecule has 0 radical (unpaired) electrons. The van der Waals surface area contributed by atoms with Gasteiger partial charge in [0.2, 0.25) is 0 Å². The monoisotopic (exact) mass is 300 g/mol. The van der Waals surface area contributed by atoms with Gasteiger partial charge >= 0.3 is 0 Å². The lowest BCUT2D eigenvalue weighted by Gasteiger charge is -2.31. The van der Waals surface area contributed by atoms with Crippen molar-refractivity contribution in [3.8, 4) is 5.75 Å². The van der Waals surface area contributed by atoms with E-state index < -0.39 is 5.60 Å². The highest BCUT2D eigenvalue weighted by Crippen LogP contribution is 2.30. The summed E-state index contributed by atoms with van der Waals surface area (Å²) in [6.07, 6.45) is 0. The minimum atomic E-state index is -0.650. The topological polar surface area (TPSA) is 33.6 Å². The van der Waals surface area contributed by atoms with Crippen LogP contribution in [0, 0.1) is 0 Å². The number of halogens is 1. The van der Waals surface area contributed by atoms with Gasteiger partial charge in [-0.15, -0.1) is 0 Å². The van der Waals surface area contributed by atoms with Gasteiger partial charge < -0.3 is 10.1 Å². The molecule has 21 heavy (non-hydrogen) atoms. The first-order valence-electron chi connectivity index (χ1n) is 6.97. The van der Waals surface area contributed by atoms with Crippen molar-refractivity contribution < 1.29 is 4.74 Å². The number of nitrogens with zero attached hydrogens (tertiary/aromatic N) is 1. The average molecular weight is 301 g/mol. The highest BCUT2D eigenvalue weighted by atomic mass is 35.5. The van der Waals surface area contributed by atoms with Gasteiger partial charge in [0.25, 0.3) is 0 Å². The Labute approximate surface area is 129 Å². The number of amidine groups is 1. The Morgan fingerprint density at radius 1 is 1.10 bits per heavy atom. The number of rotatable bonds is 4. The van der Waals surface area contributed by atoms with E-state index in [0.29, 0.717) is 5.02 Å². The van der Waals surface area contributed by atoms with Gasteiger partial charge in [0.15, 0.2) is 5.60 Å². The molecule has 1 atom stereocenters. The van der Waals surface area contributed by atoms with Gasteiger partial charge in [-0.3, -0.25) is 4.99 Å². The predicted octanol–water partition coefficient (Wildman–Crippen LogP) is 3.64. The van der Waals surface area contributed by atoms with E-state index in [2.05, 4.69) is 10.3 Å². The molecule has 0 amide bonds. The van der Waals surface area contributed by atoms with Crippen molar-refractivity contribution in [2.75, 3.05) is 13.1 Å². The first-order chi connectivity index (χ1) is 10.2. The molecule has 0 saturated heterocycles. The van der Waals surface area contributed by atoms with Crippen molar-refractivity contribution in [2.45, 2.75) is 12.5 Å². The number of hydrogen-bond acceptors (Lipinski definition) is 3. The minimum absolute atomic E-state index is 0.650. The van der Waals surface area contributed by atoms with Gasteiger partial charge in [0.1, 0.15) is 11.6 Å².